The van der Waals surface area contributed by atoms with Gasteiger partial charge in [-0.05, 0) is 50.3 Å². The van der Waals surface area contributed by atoms with Gasteiger partial charge in [-0.3, -0.25) is 4.79 Å². The van der Waals surface area contributed by atoms with E-state index < -0.39 is 0 Å². The number of aryl methyl sites for hydroxylation is 2. The molecule has 0 fully saturated rings. The molecule has 1 rings (SSSR count). The van der Waals surface area contributed by atoms with Gasteiger partial charge in [0.25, 0.3) is 0 Å². The summed E-state index contributed by atoms with van der Waals surface area (Å²) in [5.41, 5.74) is 3.11. The van der Waals surface area contributed by atoms with Crippen LogP contribution in [0.15, 0.2) is 49.6 Å². The van der Waals surface area contributed by atoms with Crippen molar-refractivity contribution in [2.75, 3.05) is 0 Å². The predicted molar refractivity (Wildman–Crippen MR) is 112 cm³/mol. The zero-order valence-corrected chi connectivity index (χ0v) is 16.9. The number of benzene rings is 1. The molecule has 0 aliphatic rings. The minimum atomic E-state index is -0.355. The molecule has 0 spiro atoms. The maximum absolute atomic E-state index is 12.8. The largest absolute Gasteiger partial charge is 0.458 e. The average Bonchev–Trinajstić information content (AvgIpc) is 2.58. The molecule has 3 heteroatoms. The van der Waals surface area contributed by atoms with Gasteiger partial charge in [-0.1, -0.05) is 49.3 Å². The summed E-state index contributed by atoms with van der Waals surface area (Å²) in [7, 11) is 0. The number of hydrogen-bond donors (Lipinski definition) is 0. The standard InChI is InChI=1S/C24H32O3/c1-6-9-10-11-14-21(25)17-20-16-18(4)15-19(5)23(20)24(26)27-22(12-7-2)13-8-3/h6-7,11,14-16,22H,1-2,8-10,12-13,17H2,3-5H3/b14-11+/t22-/m0/s1. The lowest BCUT2D eigenvalue weighted by Crippen LogP contribution is -2.20. The lowest BCUT2D eigenvalue weighted by Gasteiger charge is -2.18. The van der Waals surface area contributed by atoms with Crippen molar-refractivity contribution >= 4 is 11.8 Å². The first-order valence-corrected chi connectivity index (χ1v) is 9.65. The van der Waals surface area contributed by atoms with Gasteiger partial charge < -0.3 is 4.74 Å². The molecule has 1 aromatic rings. The van der Waals surface area contributed by atoms with Gasteiger partial charge in [-0.2, -0.15) is 0 Å². The number of ether oxygens (including phenoxy) is 1. The van der Waals surface area contributed by atoms with E-state index in [1.54, 1.807) is 12.2 Å². The van der Waals surface area contributed by atoms with E-state index in [1.165, 1.54) is 0 Å². The quantitative estimate of drug-likeness (QED) is 0.201. The highest BCUT2D eigenvalue weighted by molar-refractivity contribution is 5.97. The van der Waals surface area contributed by atoms with Crippen LogP contribution in [0, 0.1) is 13.8 Å². The molecule has 0 unspecified atom stereocenters. The normalized spacial score (nSPS) is 12.0. The van der Waals surface area contributed by atoms with Crippen molar-refractivity contribution in [3.8, 4) is 0 Å². The highest BCUT2D eigenvalue weighted by Crippen LogP contribution is 2.21. The number of rotatable bonds is 12. The summed E-state index contributed by atoms with van der Waals surface area (Å²) in [4.78, 5) is 25.2. The lowest BCUT2D eigenvalue weighted by molar-refractivity contribution is -0.114. The van der Waals surface area contributed by atoms with Gasteiger partial charge in [0, 0.05) is 12.8 Å². The van der Waals surface area contributed by atoms with Crippen molar-refractivity contribution < 1.29 is 14.3 Å². The van der Waals surface area contributed by atoms with Crippen LogP contribution in [0.5, 0.6) is 0 Å². The molecule has 1 atom stereocenters. The van der Waals surface area contributed by atoms with E-state index in [0.29, 0.717) is 12.0 Å². The number of unbranched alkanes of at least 4 members (excludes halogenated alkanes) is 1. The Bertz CT molecular complexity index is 698. The molecule has 0 amide bonds. The zero-order chi connectivity index (χ0) is 20.2. The van der Waals surface area contributed by atoms with Crippen LogP contribution in [0.2, 0.25) is 0 Å². The molecule has 0 bridgehead atoms. The van der Waals surface area contributed by atoms with E-state index in [0.717, 1.165) is 42.4 Å². The molecule has 1 aromatic carbocycles. The summed E-state index contributed by atoms with van der Waals surface area (Å²) in [5, 5.41) is 0. The van der Waals surface area contributed by atoms with E-state index in [4.69, 9.17) is 4.74 Å². The van der Waals surface area contributed by atoms with Crippen molar-refractivity contribution in [2.24, 2.45) is 0 Å². The third kappa shape index (κ3) is 7.78. The third-order valence-corrected chi connectivity index (χ3v) is 4.29. The monoisotopic (exact) mass is 368 g/mol. The molecule has 0 heterocycles. The Hall–Kier alpha value is -2.42. The van der Waals surface area contributed by atoms with E-state index >= 15 is 0 Å². The van der Waals surface area contributed by atoms with Crippen molar-refractivity contribution in [3.05, 3.63) is 71.8 Å². The molecule has 0 radical (unpaired) electrons. The summed E-state index contributed by atoms with van der Waals surface area (Å²) in [6.07, 6.45) is 11.0. The third-order valence-electron chi connectivity index (χ3n) is 4.29. The van der Waals surface area contributed by atoms with Gasteiger partial charge in [-0.25, -0.2) is 4.79 Å². The number of hydrogen-bond acceptors (Lipinski definition) is 3. The maximum Gasteiger partial charge on any atom is 0.338 e. The second-order valence-corrected chi connectivity index (χ2v) is 6.87. The van der Waals surface area contributed by atoms with Gasteiger partial charge in [-0.15, -0.1) is 13.2 Å². The molecule has 146 valence electrons. The SMILES string of the molecule is C=CCC/C=C/C(=O)Cc1cc(C)cc(C)c1C(=O)O[C@@H](CC=C)CCC. The fourth-order valence-electron chi connectivity index (χ4n) is 3.11. The van der Waals surface area contributed by atoms with E-state index in [9.17, 15) is 9.59 Å². The van der Waals surface area contributed by atoms with Gasteiger partial charge in [0.05, 0.1) is 5.56 Å². The molecule has 0 aliphatic heterocycles. The number of carbonyl (C=O) groups excluding carboxylic acids is 2. The van der Waals surface area contributed by atoms with Crippen LogP contribution in [0.25, 0.3) is 0 Å². The highest BCUT2D eigenvalue weighted by atomic mass is 16.5. The van der Waals surface area contributed by atoms with E-state index in [1.807, 2.05) is 38.1 Å². The van der Waals surface area contributed by atoms with Gasteiger partial charge in [0.15, 0.2) is 5.78 Å². The first-order chi connectivity index (χ1) is 12.9. The Labute approximate surface area is 163 Å². The average molecular weight is 369 g/mol. The molecule has 0 aromatic heterocycles. The summed E-state index contributed by atoms with van der Waals surface area (Å²) in [5.74, 6) is -0.374. The molecule has 0 saturated carbocycles. The molecule has 3 nitrogen and oxygen atoms in total. The zero-order valence-electron chi connectivity index (χ0n) is 16.9. The predicted octanol–water partition coefficient (Wildman–Crippen LogP) is 5.84. The number of ketones is 1. The van der Waals surface area contributed by atoms with Gasteiger partial charge >= 0.3 is 5.97 Å². The molecule has 0 saturated heterocycles. The first-order valence-electron chi connectivity index (χ1n) is 9.65. The minimum Gasteiger partial charge on any atom is -0.458 e. The summed E-state index contributed by atoms with van der Waals surface area (Å²) < 4.78 is 5.72. The van der Waals surface area contributed by atoms with Crippen molar-refractivity contribution in [2.45, 2.75) is 65.4 Å². The van der Waals surface area contributed by atoms with Crippen molar-refractivity contribution in [1.82, 2.24) is 0 Å². The van der Waals surface area contributed by atoms with Crippen LogP contribution in [0.3, 0.4) is 0 Å². The number of esters is 1. The van der Waals surface area contributed by atoms with Crippen LogP contribution in [-0.2, 0) is 16.0 Å². The Morgan fingerprint density at radius 1 is 1.15 bits per heavy atom. The second-order valence-electron chi connectivity index (χ2n) is 6.87. The fourth-order valence-corrected chi connectivity index (χ4v) is 3.11. The maximum atomic E-state index is 12.8. The molecular formula is C24H32O3. The molecular weight excluding hydrogens is 336 g/mol. The summed E-state index contributed by atoms with van der Waals surface area (Å²) in [6, 6.07) is 3.86. The van der Waals surface area contributed by atoms with Crippen LogP contribution in [0.4, 0.5) is 0 Å². The second kappa shape index (κ2) is 12.1. The lowest BCUT2D eigenvalue weighted by atomic mass is 9.95. The minimum absolute atomic E-state index is 0.0192. The van der Waals surface area contributed by atoms with Crippen LogP contribution in [0.1, 0.15) is 66.1 Å². The fraction of sp³-hybridized carbons (Fsp3) is 0.417. The Kier molecular flexibility index (Phi) is 10.1. The smallest absolute Gasteiger partial charge is 0.338 e. The van der Waals surface area contributed by atoms with E-state index in [-0.39, 0.29) is 24.3 Å². The summed E-state index contributed by atoms with van der Waals surface area (Å²) in [6.45, 7) is 13.3. The topological polar surface area (TPSA) is 43.4 Å². The molecule has 27 heavy (non-hydrogen) atoms. The molecule has 0 N–H and O–H groups in total. The number of allylic oxidation sites excluding steroid dienone is 3. The number of carbonyl (C=O) groups is 2. The Balaban J connectivity index is 3.03. The van der Waals surface area contributed by atoms with Crippen LogP contribution >= 0.6 is 0 Å². The molecule has 0 aliphatic carbocycles. The highest BCUT2D eigenvalue weighted by Gasteiger charge is 2.21. The summed E-state index contributed by atoms with van der Waals surface area (Å²) >= 11 is 0. The first kappa shape index (κ1) is 22.6. The van der Waals surface area contributed by atoms with Gasteiger partial charge in [0.1, 0.15) is 6.10 Å². The Morgan fingerprint density at radius 2 is 1.89 bits per heavy atom. The van der Waals surface area contributed by atoms with Crippen LogP contribution in [-0.4, -0.2) is 17.9 Å². The van der Waals surface area contributed by atoms with E-state index in [2.05, 4.69) is 20.1 Å². The van der Waals surface area contributed by atoms with Crippen molar-refractivity contribution in [1.29, 1.82) is 0 Å². The van der Waals surface area contributed by atoms with Crippen molar-refractivity contribution in [3.63, 3.8) is 0 Å². The van der Waals surface area contributed by atoms with Crippen LogP contribution < -0.4 is 0 Å². The Morgan fingerprint density at radius 3 is 2.52 bits per heavy atom. The van der Waals surface area contributed by atoms with Gasteiger partial charge in [0.2, 0.25) is 0 Å².